The van der Waals surface area contributed by atoms with Crippen LogP contribution in [0.4, 0.5) is 0 Å². The van der Waals surface area contributed by atoms with Gasteiger partial charge < -0.3 is 24.8 Å². The maximum atomic E-state index is 3.49. The van der Waals surface area contributed by atoms with Gasteiger partial charge in [0.1, 0.15) is 0 Å². The Morgan fingerprint density at radius 3 is 1.07 bits per heavy atom. The minimum atomic E-state index is 0. The predicted molar refractivity (Wildman–Crippen MR) is 108 cm³/mol. The molecule has 3 heteroatoms. The third-order valence-corrected chi connectivity index (χ3v) is 6.21. The van der Waals surface area contributed by atoms with Crippen molar-refractivity contribution < 1.29 is 51.0 Å². The smallest absolute Gasteiger partial charge is 1.00 e. The molecule has 0 aromatic rings. The molecule has 152 valence electrons. The molecule has 0 aromatic heterocycles. The van der Waals surface area contributed by atoms with Gasteiger partial charge in [-0.15, -0.1) is 26.7 Å². The van der Waals surface area contributed by atoms with Crippen LogP contribution in [-0.2, 0) is 26.2 Å². The normalized spacial score (nSPS) is 16.5. The molecular weight excluding hydrogens is 450 g/mol. The topological polar surface area (TPSA) is 0 Å². The Kier molecular flexibility index (Phi) is 15.3. The average molecular weight is 489 g/mol. The van der Waals surface area contributed by atoms with E-state index in [1.165, 1.54) is 46.3 Å². The van der Waals surface area contributed by atoms with E-state index in [1.807, 2.05) is 0 Å². The van der Waals surface area contributed by atoms with Gasteiger partial charge in [0, 0.05) is 0 Å². The van der Waals surface area contributed by atoms with Gasteiger partial charge in [-0.05, 0) is 23.7 Å². The first kappa shape index (κ1) is 32.1. The van der Waals surface area contributed by atoms with E-state index in [4.69, 9.17) is 0 Å². The summed E-state index contributed by atoms with van der Waals surface area (Å²) in [7, 11) is 0. The standard InChI is InChI=1S/2C12H19.2ClH.Zr/c2*1-6-12(4,5)11-8-7-9(2)10(11)3;;;/h2*6-7H2,1-5H3;2*1H;/q2*-1;;;+4/p-2. The largest absolute Gasteiger partial charge is 4.00 e. The first-order valence-corrected chi connectivity index (χ1v) is 9.54. The van der Waals surface area contributed by atoms with Crippen molar-refractivity contribution in [3.05, 3.63) is 45.6 Å². The first-order chi connectivity index (χ1) is 11.0. The monoisotopic (exact) mass is 486 g/mol. The minimum Gasteiger partial charge on any atom is -1.00 e. The Labute approximate surface area is 201 Å². The van der Waals surface area contributed by atoms with E-state index < -0.39 is 0 Å². The molecule has 2 rings (SSSR count). The molecule has 0 saturated carbocycles. The van der Waals surface area contributed by atoms with E-state index >= 15 is 0 Å². The molecule has 0 atom stereocenters. The maximum Gasteiger partial charge on any atom is 4.00 e. The summed E-state index contributed by atoms with van der Waals surface area (Å²) in [6.45, 7) is 22.6. The SMILES string of the molecule is CCC(C)(C)C1=[C-]CC(C)=C1C.CCC(C)(C)C1=[C-]CC(C)=C1C.[Cl-].[Cl-].[Zr+4]. The van der Waals surface area contributed by atoms with Crippen LogP contribution >= 0.6 is 0 Å². The third kappa shape index (κ3) is 7.99. The Balaban J connectivity index is -0.000000384. The molecule has 0 aromatic carbocycles. The van der Waals surface area contributed by atoms with E-state index in [-0.39, 0.29) is 51.0 Å². The molecule has 0 bridgehead atoms. The van der Waals surface area contributed by atoms with E-state index in [0.717, 1.165) is 12.8 Å². The third-order valence-electron chi connectivity index (χ3n) is 6.21. The summed E-state index contributed by atoms with van der Waals surface area (Å²) in [6, 6.07) is 0. The second-order valence-electron chi connectivity index (χ2n) is 8.74. The van der Waals surface area contributed by atoms with Crippen molar-refractivity contribution in [2.45, 2.75) is 94.9 Å². The molecule has 0 unspecified atom stereocenters. The fourth-order valence-corrected chi connectivity index (χ4v) is 3.25. The Morgan fingerprint density at radius 1 is 0.667 bits per heavy atom. The summed E-state index contributed by atoms with van der Waals surface area (Å²) in [5.74, 6) is 0. The molecule has 0 nitrogen and oxygen atoms in total. The molecule has 0 radical (unpaired) electrons. The zero-order chi connectivity index (χ0) is 18.7. The van der Waals surface area contributed by atoms with Crippen LogP contribution < -0.4 is 24.8 Å². The number of rotatable bonds is 4. The quantitative estimate of drug-likeness (QED) is 0.530. The second-order valence-corrected chi connectivity index (χ2v) is 8.74. The molecule has 0 N–H and O–H groups in total. The Morgan fingerprint density at radius 2 is 0.926 bits per heavy atom. The maximum absolute atomic E-state index is 3.49. The number of hydrogen-bond acceptors (Lipinski definition) is 0. The fraction of sp³-hybridized carbons (Fsp3) is 0.667. The van der Waals surface area contributed by atoms with Gasteiger partial charge in [-0.25, -0.2) is 11.1 Å². The molecule has 0 saturated heterocycles. The molecule has 27 heavy (non-hydrogen) atoms. The van der Waals surface area contributed by atoms with Gasteiger partial charge in [0.15, 0.2) is 0 Å². The van der Waals surface area contributed by atoms with Crippen molar-refractivity contribution in [1.82, 2.24) is 0 Å². The van der Waals surface area contributed by atoms with Gasteiger partial charge in [-0.1, -0.05) is 55.4 Å². The van der Waals surface area contributed by atoms with Crippen LogP contribution in [0.5, 0.6) is 0 Å². The van der Waals surface area contributed by atoms with Crippen molar-refractivity contribution in [2.24, 2.45) is 10.8 Å². The molecule has 0 fully saturated rings. The Hall–Kier alpha value is 0.423. The van der Waals surface area contributed by atoms with Crippen LogP contribution in [0.3, 0.4) is 0 Å². The van der Waals surface area contributed by atoms with Crippen molar-refractivity contribution in [3.8, 4) is 0 Å². The summed E-state index contributed by atoms with van der Waals surface area (Å²) in [6.07, 6.45) is 11.5. The van der Waals surface area contributed by atoms with Crippen LogP contribution in [-0.4, -0.2) is 0 Å². The summed E-state index contributed by atoms with van der Waals surface area (Å²) >= 11 is 0. The molecule has 0 aliphatic heterocycles. The van der Waals surface area contributed by atoms with Crippen molar-refractivity contribution in [2.75, 3.05) is 0 Å². The zero-order valence-corrected chi connectivity index (χ0v) is 23.1. The van der Waals surface area contributed by atoms with Gasteiger partial charge in [0.05, 0.1) is 0 Å². The summed E-state index contributed by atoms with van der Waals surface area (Å²) < 4.78 is 0. The van der Waals surface area contributed by atoms with Crippen molar-refractivity contribution >= 4 is 0 Å². The van der Waals surface area contributed by atoms with E-state index in [2.05, 4.69) is 81.4 Å². The number of hydrogen-bond donors (Lipinski definition) is 0. The zero-order valence-electron chi connectivity index (χ0n) is 19.1. The molecule has 0 amide bonds. The second kappa shape index (κ2) is 12.9. The van der Waals surface area contributed by atoms with Crippen LogP contribution in [0.2, 0.25) is 0 Å². The molecule has 0 heterocycles. The van der Waals surface area contributed by atoms with Gasteiger partial charge >= 0.3 is 26.2 Å². The molecule has 2 aliphatic carbocycles. The van der Waals surface area contributed by atoms with Crippen LogP contribution in [0.25, 0.3) is 0 Å². The van der Waals surface area contributed by atoms with Gasteiger partial charge in [0.2, 0.25) is 0 Å². The summed E-state index contributed by atoms with van der Waals surface area (Å²) in [4.78, 5) is 0. The summed E-state index contributed by atoms with van der Waals surface area (Å²) in [5, 5.41) is 0. The average Bonchev–Trinajstić information content (AvgIpc) is 3.04. The Bertz CT molecular complexity index is 548. The number of allylic oxidation sites excluding steroid dienone is 8. The minimum absolute atomic E-state index is 0. The van der Waals surface area contributed by atoms with Gasteiger partial charge in [-0.2, -0.15) is 22.3 Å². The van der Waals surface area contributed by atoms with Crippen LogP contribution in [0.1, 0.15) is 94.9 Å². The van der Waals surface area contributed by atoms with E-state index in [9.17, 15) is 0 Å². The molecule has 0 spiro atoms. The van der Waals surface area contributed by atoms with Crippen LogP contribution in [0, 0.1) is 23.0 Å². The molecular formula is C24H38Cl2Zr. The van der Waals surface area contributed by atoms with Gasteiger partial charge in [-0.3, -0.25) is 12.2 Å². The van der Waals surface area contributed by atoms with Crippen molar-refractivity contribution in [1.29, 1.82) is 0 Å². The fourth-order valence-electron chi connectivity index (χ4n) is 3.25. The van der Waals surface area contributed by atoms with E-state index in [1.54, 1.807) is 0 Å². The van der Waals surface area contributed by atoms with E-state index in [0.29, 0.717) is 10.8 Å². The van der Waals surface area contributed by atoms with Crippen molar-refractivity contribution in [3.63, 3.8) is 0 Å². The summed E-state index contributed by atoms with van der Waals surface area (Å²) in [5.41, 5.74) is 9.47. The molecule has 2 aliphatic rings. The van der Waals surface area contributed by atoms with Gasteiger partial charge in [0.25, 0.3) is 0 Å². The number of halogens is 2. The first-order valence-electron chi connectivity index (χ1n) is 9.54. The van der Waals surface area contributed by atoms with Crippen LogP contribution in [0.15, 0.2) is 33.4 Å². The predicted octanol–water partition coefficient (Wildman–Crippen LogP) is 1.79.